The van der Waals surface area contributed by atoms with Crippen LogP contribution in [0.15, 0.2) is 60.8 Å². The Kier molecular flexibility index (Phi) is 56.8. The second-order valence-electron chi connectivity index (χ2n) is 23.1. The molecule has 0 radical (unpaired) electrons. The number of carbonyl (C=O) groups is 3. The Morgan fingerprint density at radius 2 is 0.701 bits per heavy atom. The summed E-state index contributed by atoms with van der Waals surface area (Å²) in [5.41, 5.74) is 0. The van der Waals surface area contributed by atoms with E-state index < -0.39 is 24.3 Å². The molecule has 0 saturated carbocycles. The fourth-order valence-electron chi connectivity index (χ4n) is 9.23. The van der Waals surface area contributed by atoms with E-state index in [1.807, 2.05) is 21.1 Å². The molecule has 1 N–H and O–H groups in total. The second kappa shape index (κ2) is 59.1. The molecule has 0 heterocycles. The van der Waals surface area contributed by atoms with Gasteiger partial charge < -0.3 is 28.5 Å². The number of carboxylic acids is 1. The number of quaternary nitrogens is 1. The van der Waals surface area contributed by atoms with Gasteiger partial charge in [-0.25, -0.2) is 4.79 Å². The third kappa shape index (κ3) is 60.5. The number of allylic oxidation sites excluding steroid dienone is 10. The molecule has 0 aliphatic carbocycles. The van der Waals surface area contributed by atoms with Gasteiger partial charge in [-0.2, -0.15) is 0 Å². The van der Waals surface area contributed by atoms with Crippen LogP contribution in [0.3, 0.4) is 0 Å². The first kappa shape index (κ1) is 74.0. The van der Waals surface area contributed by atoms with Crippen LogP contribution in [0.25, 0.3) is 0 Å². The van der Waals surface area contributed by atoms with E-state index in [0.717, 1.165) is 70.6 Å². The molecule has 0 saturated heterocycles. The zero-order valence-corrected chi connectivity index (χ0v) is 51.1. The summed E-state index contributed by atoms with van der Waals surface area (Å²) in [7, 11) is 5.97. The summed E-state index contributed by atoms with van der Waals surface area (Å²) >= 11 is 0. The molecule has 2 atom stereocenters. The van der Waals surface area contributed by atoms with Crippen LogP contribution in [0.1, 0.15) is 296 Å². The summed E-state index contributed by atoms with van der Waals surface area (Å²) in [4.78, 5) is 37.5. The summed E-state index contributed by atoms with van der Waals surface area (Å²) in [5, 5.41) is 9.72. The van der Waals surface area contributed by atoms with Crippen molar-refractivity contribution in [2.75, 3.05) is 47.5 Å². The molecular formula is C68H124NO8+. The lowest BCUT2D eigenvalue weighted by atomic mass is 10.0. The number of likely N-dealkylation sites (N-methyl/N-ethyl adjacent to an activating group) is 1. The predicted molar refractivity (Wildman–Crippen MR) is 327 cm³/mol. The average Bonchev–Trinajstić information content (AvgIpc) is 3.40. The minimum Gasteiger partial charge on any atom is -0.477 e. The Hall–Kier alpha value is -3.01. The number of carboxylic acid groups (broad SMARTS) is 1. The van der Waals surface area contributed by atoms with Crippen LogP contribution in [0.2, 0.25) is 0 Å². The molecule has 2 unspecified atom stereocenters. The van der Waals surface area contributed by atoms with Crippen LogP contribution in [0.4, 0.5) is 0 Å². The fourth-order valence-corrected chi connectivity index (χ4v) is 9.23. The number of hydrogen-bond acceptors (Lipinski definition) is 7. The highest BCUT2D eigenvalue weighted by Gasteiger charge is 2.25. The molecule has 448 valence electrons. The number of rotatable bonds is 60. The number of ether oxygens (including phenoxy) is 4. The largest absolute Gasteiger partial charge is 0.477 e. The standard InChI is InChI=1S/C68H123NO8/c1-6-8-10-12-14-16-18-20-22-24-26-28-29-30-31-32-33-34-35-36-37-39-40-42-44-46-48-50-52-54-56-58-65(70)75-62-64(63-76-68(67(72)73)74-61-60-69(3,4)5)77-66(71)59-57-55-53-51-49-47-45-43-41-38-27-25-23-21-19-17-15-13-11-9-7-2/h18-21,24-27,41,43,64,68H,6-17,22-23,28-40,42,44-63H2,1-5H3/p+1/b20-18-,21-19-,26-24-,27-25-,43-41-. The van der Waals surface area contributed by atoms with E-state index in [1.54, 1.807) is 0 Å². The molecule has 0 bridgehead atoms. The maximum atomic E-state index is 12.9. The van der Waals surface area contributed by atoms with Gasteiger partial charge in [-0.15, -0.1) is 0 Å². The highest BCUT2D eigenvalue weighted by Crippen LogP contribution is 2.17. The molecule has 0 rings (SSSR count). The lowest BCUT2D eigenvalue weighted by Crippen LogP contribution is -2.40. The van der Waals surface area contributed by atoms with E-state index in [-0.39, 0.29) is 32.2 Å². The van der Waals surface area contributed by atoms with Gasteiger partial charge in [0.1, 0.15) is 13.2 Å². The quantitative estimate of drug-likeness (QED) is 0.0211. The molecule has 0 aromatic carbocycles. The molecule has 9 heteroatoms. The summed E-state index contributed by atoms with van der Waals surface area (Å²) in [5.74, 6) is -2.01. The monoisotopic (exact) mass is 1080 g/mol. The SMILES string of the molecule is CCCCCCC/C=C\C/C=C\C/C=C\CCCCCCCCC(=O)OC(COC(=O)CCCCCCCCCCCCCCCCCCCCC/C=C\C/C=C\CCCCCCC)COC(OCC[N+](C)(C)C)C(=O)O. The van der Waals surface area contributed by atoms with Crippen molar-refractivity contribution in [2.45, 2.75) is 309 Å². The number of aliphatic carboxylic acids is 1. The van der Waals surface area contributed by atoms with Crippen molar-refractivity contribution in [2.24, 2.45) is 0 Å². The van der Waals surface area contributed by atoms with Crippen molar-refractivity contribution in [1.29, 1.82) is 0 Å². The van der Waals surface area contributed by atoms with Crippen molar-refractivity contribution >= 4 is 17.9 Å². The third-order valence-electron chi connectivity index (χ3n) is 14.2. The van der Waals surface area contributed by atoms with E-state index >= 15 is 0 Å². The summed E-state index contributed by atoms with van der Waals surface area (Å²) in [6.45, 7) is 4.87. The van der Waals surface area contributed by atoms with E-state index in [4.69, 9.17) is 18.9 Å². The van der Waals surface area contributed by atoms with Gasteiger partial charge in [-0.3, -0.25) is 9.59 Å². The van der Waals surface area contributed by atoms with Gasteiger partial charge in [-0.1, -0.05) is 261 Å². The minimum atomic E-state index is -1.52. The Balaban J connectivity index is 4.13. The van der Waals surface area contributed by atoms with Crippen molar-refractivity contribution < 1.29 is 42.9 Å². The number of unbranched alkanes of at least 4 members (excludes halogenated alkanes) is 35. The molecule has 0 aromatic rings. The summed E-state index contributed by atoms with van der Waals surface area (Å²) in [6.07, 6.45) is 73.2. The Labute approximate surface area is 475 Å². The minimum absolute atomic E-state index is 0.184. The Morgan fingerprint density at radius 3 is 1.04 bits per heavy atom. The summed E-state index contributed by atoms with van der Waals surface area (Å²) in [6, 6.07) is 0. The van der Waals surface area contributed by atoms with Gasteiger partial charge in [-0.05, 0) is 83.5 Å². The lowest BCUT2D eigenvalue weighted by Gasteiger charge is -2.25. The molecule has 0 fully saturated rings. The normalized spacial score (nSPS) is 13.1. The molecule has 0 aromatic heterocycles. The van der Waals surface area contributed by atoms with Crippen LogP contribution in [-0.2, 0) is 33.3 Å². The van der Waals surface area contributed by atoms with Crippen molar-refractivity contribution in [3.05, 3.63) is 60.8 Å². The highest BCUT2D eigenvalue weighted by molar-refractivity contribution is 5.71. The van der Waals surface area contributed by atoms with Crippen LogP contribution >= 0.6 is 0 Å². The molecule has 0 spiro atoms. The van der Waals surface area contributed by atoms with Gasteiger partial charge in [0.15, 0.2) is 6.10 Å². The number of hydrogen-bond donors (Lipinski definition) is 1. The van der Waals surface area contributed by atoms with Crippen LogP contribution in [0, 0.1) is 0 Å². The van der Waals surface area contributed by atoms with Gasteiger partial charge in [0, 0.05) is 12.8 Å². The predicted octanol–water partition coefficient (Wildman–Crippen LogP) is 19.6. The van der Waals surface area contributed by atoms with Crippen LogP contribution in [0.5, 0.6) is 0 Å². The molecule has 77 heavy (non-hydrogen) atoms. The Bertz CT molecular complexity index is 1450. The second-order valence-corrected chi connectivity index (χ2v) is 23.1. The maximum absolute atomic E-state index is 12.9. The smallest absolute Gasteiger partial charge is 0.361 e. The first-order valence-corrected chi connectivity index (χ1v) is 32.5. The van der Waals surface area contributed by atoms with Crippen molar-refractivity contribution in [3.63, 3.8) is 0 Å². The van der Waals surface area contributed by atoms with Crippen LogP contribution in [-0.4, -0.2) is 87.4 Å². The van der Waals surface area contributed by atoms with E-state index in [2.05, 4.69) is 74.6 Å². The van der Waals surface area contributed by atoms with Crippen molar-refractivity contribution in [1.82, 2.24) is 0 Å². The number of nitrogens with zero attached hydrogens (tertiary/aromatic N) is 1. The van der Waals surface area contributed by atoms with E-state index in [1.165, 1.54) is 193 Å². The van der Waals surface area contributed by atoms with Gasteiger partial charge in [0.05, 0.1) is 34.4 Å². The van der Waals surface area contributed by atoms with Gasteiger partial charge >= 0.3 is 17.9 Å². The zero-order valence-electron chi connectivity index (χ0n) is 51.1. The molecule has 0 amide bonds. The van der Waals surface area contributed by atoms with Gasteiger partial charge in [0.25, 0.3) is 6.29 Å². The first-order valence-electron chi connectivity index (χ1n) is 32.5. The maximum Gasteiger partial charge on any atom is 0.361 e. The highest BCUT2D eigenvalue weighted by atomic mass is 16.7. The number of carbonyl (C=O) groups excluding carboxylic acids is 2. The van der Waals surface area contributed by atoms with Crippen molar-refractivity contribution in [3.8, 4) is 0 Å². The Morgan fingerprint density at radius 1 is 0.390 bits per heavy atom. The topological polar surface area (TPSA) is 108 Å². The average molecular weight is 1080 g/mol. The molecular weight excluding hydrogens is 959 g/mol. The summed E-state index contributed by atoms with van der Waals surface area (Å²) < 4.78 is 22.9. The first-order chi connectivity index (χ1) is 37.6. The van der Waals surface area contributed by atoms with E-state index in [0.29, 0.717) is 23.9 Å². The molecule has 0 aliphatic rings. The number of esters is 2. The third-order valence-corrected chi connectivity index (χ3v) is 14.2. The fraction of sp³-hybridized carbons (Fsp3) is 0.809. The zero-order chi connectivity index (χ0) is 56.2. The lowest BCUT2D eigenvalue weighted by molar-refractivity contribution is -0.870. The molecule has 0 aliphatic heterocycles. The van der Waals surface area contributed by atoms with Crippen LogP contribution < -0.4 is 0 Å². The molecule has 9 nitrogen and oxygen atoms in total. The van der Waals surface area contributed by atoms with E-state index in [9.17, 15) is 19.5 Å². The van der Waals surface area contributed by atoms with Gasteiger partial charge in [0.2, 0.25) is 0 Å².